The molecule has 0 spiro atoms. The van der Waals surface area contributed by atoms with E-state index in [2.05, 4.69) is 22.8 Å². The molecular weight excluding hydrogens is 236 g/mol. The van der Waals surface area contributed by atoms with Crippen LogP contribution in [-0.4, -0.2) is 25.0 Å². The monoisotopic (exact) mass is 260 g/mol. The molecule has 1 aliphatic rings. The lowest BCUT2D eigenvalue weighted by Crippen LogP contribution is -2.30. The maximum atomic E-state index is 11.7. The summed E-state index contributed by atoms with van der Waals surface area (Å²) in [6.45, 7) is 1.94. The molecule has 19 heavy (non-hydrogen) atoms. The lowest BCUT2D eigenvalue weighted by molar-refractivity contribution is -0.121. The lowest BCUT2D eigenvalue weighted by Gasteiger charge is -2.10. The van der Waals surface area contributed by atoms with Gasteiger partial charge in [-0.05, 0) is 44.2 Å². The summed E-state index contributed by atoms with van der Waals surface area (Å²) in [5, 5.41) is 6.46. The number of amides is 1. The Labute approximate surface area is 115 Å². The fourth-order valence-corrected chi connectivity index (χ4v) is 2.58. The van der Waals surface area contributed by atoms with Gasteiger partial charge in [0.2, 0.25) is 5.91 Å². The zero-order valence-corrected chi connectivity index (χ0v) is 11.5. The molecule has 104 valence electrons. The van der Waals surface area contributed by atoms with Crippen LogP contribution in [0.2, 0.25) is 0 Å². The van der Waals surface area contributed by atoms with Gasteiger partial charge >= 0.3 is 0 Å². The number of aryl methyl sites for hydroxylation is 1. The van der Waals surface area contributed by atoms with Crippen LogP contribution >= 0.6 is 0 Å². The number of carbonyl (C=O) groups is 1. The van der Waals surface area contributed by atoms with E-state index in [0.717, 1.165) is 32.4 Å². The second-order valence-corrected chi connectivity index (χ2v) is 5.27. The minimum absolute atomic E-state index is 0.189. The average Bonchev–Trinajstić information content (AvgIpc) is 2.93. The molecule has 0 saturated carbocycles. The Bertz CT molecular complexity index is 372. The molecule has 3 nitrogen and oxygen atoms in total. The van der Waals surface area contributed by atoms with Gasteiger partial charge in [0.1, 0.15) is 0 Å². The number of nitrogens with one attached hydrogen (secondary N) is 2. The van der Waals surface area contributed by atoms with Crippen molar-refractivity contribution in [3.63, 3.8) is 0 Å². The van der Waals surface area contributed by atoms with Crippen molar-refractivity contribution in [1.29, 1.82) is 0 Å². The van der Waals surface area contributed by atoms with Gasteiger partial charge in [-0.15, -0.1) is 0 Å². The maximum Gasteiger partial charge on any atom is 0.220 e. The van der Waals surface area contributed by atoms with Crippen LogP contribution in [0.4, 0.5) is 0 Å². The number of benzene rings is 1. The quantitative estimate of drug-likeness (QED) is 0.789. The van der Waals surface area contributed by atoms with Crippen LogP contribution in [0.3, 0.4) is 0 Å². The third-order valence-corrected chi connectivity index (χ3v) is 3.69. The van der Waals surface area contributed by atoms with Gasteiger partial charge in [0, 0.05) is 19.0 Å². The van der Waals surface area contributed by atoms with Crippen LogP contribution < -0.4 is 10.6 Å². The Hall–Kier alpha value is -1.35. The highest BCUT2D eigenvalue weighted by Gasteiger charge is 2.13. The lowest BCUT2D eigenvalue weighted by atomic mass is 10.1. The summed E-state index contributed by atoms with van der Waals surface area (Å²) >= 11 is 0. The fourth-order valence-electron chi connectivity index (χ4n) is 2.58. The normalized spacial score (nSPS) is 18.4. The van der Waals surface area contributed by atoms with Gasteiger partial charge < -0.3 is 10.6 Å². The van der Waals surface area contributed by atoms with Crippen LogP contribution in [0.5, 0.6) is 0 Å². The highest BCUT2D eigenvalue weighted by molar-refractivity contribution is 5.75. The second kappa shape index (κ2) is 7.95. The molecule has 1 saturated heterocycles. The zero-order valence-electron chi connectivity index (χ0n) is 11.5. The summed E-state index contributed by atoms with van der Waals surface area (Å²) in [5.41, 5.74) is 1.31. The Balaban J connectivity index is 1.52. The van der Waals surface area contributed by atoms with Gasteiger partial charge in [-0.1, -0.05) is 30.3 Å². The minimum atomic E-state index is 0.189. The van der Waals surface area contributed by atoms with E-state index in [9.17, 15) is 4.79 Å². The molecule has 1 aromatic carbocycles. The van der Waals surface area contributed by atoms with Crippen LogP contribution in [0.1, 0.15) is 37.7 Å². The molecule has 0 aromatic heterocycles. The summed E-state index contributed by atoms with van der Waals surface area (Å²) in [5.74, 6) is 0.189. The maximum absolute atomic E-state index is 11.7. The van der Waals surface area contributed by atoms with Crippen LogP contribution in [0.25, 0.3) is 0 Å². The van der Waals surface area contributed by atoms with Gasteiger partial charge in [0.15, 0.2) is 0 Å². The van der Waals surface area contributed by atoms with Gasteiger partial charge in [-0.25, -0.2) is 0 Å². The summed E-state index contributed by atoms with van der Waals surface area (Å²) in [6.07, 6.45) is 6.13. The SMILES string of the molecule is O=C(CCCc1ccccc1)NCCC1CCCN1. The van der Waals surface area contributed by atoms with Crippen molar-refractivity contribution in [1.82, 2.24) is 10.6 Å². The summed E-state index contributed by atoms with van der Waals surface area (Å²) < 4.78 is 0. The van der Waals surface area contributed by atoms with Crippen molar-refractivity contribution in [2.24, 2.45) is 0 Å². The molecule has 1 atom stereocenters. The summed E-state index contributed by atoms with van der Waals surface area (Å²) in [4.78, 5) is 11.7. The van der Waals surface area contributed by atoms with E-state index < -0.39 is 0 Å². The van der Waals surface area contributed by atoms with Crippen LogP contribution in [0, 0.1) is 0 Å². The van der Waals surface area contributed by atoms with Crippen LogP contribution in [0.15, 0.2) is 30.3 Å². The first kappa shape index (κ1) is 14.1. The first-order valence-corrected chi connectivity index (χ1v) is 7.38. The van der Waals surface area contributed by atoms with E-state index >= 15 is 0 Å². The first-order chi connectivity index (χ1) is 9.34. The fraction of sp³-hybridized carbons (Fsp3) is 0.562. The molecule has 0 bridgehead atoms. The third kappa shape index (κ3) is 5.43. The molecular formula is C16H24N2O. The molecule has 2 rings (SSSR count). The number of hydrogen-bond donors (Lipinski definition) is 2. The number of rotatable bonds is 7. The standard InChI is InChI=1S/C16H24N2O/c19-16(18-13-11-15-9-5-12-17-15)10-4-8-14-6-2-1-3-7-14/h1-3,6-7,15,17H,4-5,8-13H2,(H,18,19). The molecule has 1 amide bonds. The molecule has 1 unspecified atom stereocenters. The van der Waals surface area contributed by atoms with Gasteiger partial charge in [0.05, 0.1) is 0 Å². The van der Waals surface area contributed by atoms with E-state index in [-0.39, 0.29) is 5.91 Å². The summed E-state index contributed by atoms with van der Waals surface area (Å²) in [7, 11) is 0. The molecule has 1 heterocycles. The van der Waals surface area contributed by atoms with E-state index in [1.165, 1.54) is 18.4 Å². The molecule has 0 radical (unpaired) electrons. The van der Waals surface area contributed by atoms with E-state index in [1.807, 2.05) is 18.2 Å². The van der Waals surface area contributed by atoms with E-state index in [0.29, 0.717) is 12.5 Å². The highest BCUT2D eigenvalue weighted by atomic mass is 16.1. The molecule has 3 heteroatoms. The number of carbonyl (C=O) groups excluding carboxylic acids is 1. The van der Waals surface area contributed by atoms with Crippen LogP contribution in [-0.2, 0) is 11.2 Å². The van der Waals surface area contributed by atoms with E-state index in [4.69, 9.17) is 0 Å². The highest BCUT2D eigenvalue weighted by Crippen LogP contribution is 2.08. The van der Waals surface area contributed by atoms with E-state index in [1.54, 1.807) is 0 Å². The van der Waals surface area contributed by atoms with Crippen molar-refractivity contribution < 1.29 is 4.79 Å². The first-order valence-electron chi connectivity index (χ1n) is 7.38. The minimum Gasteiger partial charge on any atom is -0.356 e. The number of hydrogen-bond acceptors (Lipinski definition) is 2. The molecule has 1 fully saturated rings. The van der Waals surface area contributed by atoms with Crippen molar-refractivity contribution in [2.75, 3.05) is 13.1 Å². The Morgan fingerprint density at radius 1 is 1.32 bits per heavy atom. The molecule has 1 aromatic rings. The smallest absolute Gasteiger partial charge is 0.220 e. The topological polar surface area (TPSA) is 41.1 Å². The molecule has 2 N–H and O–H groups in total. The third-order valence-electron chi connectivity index (χ3n) is 3.69. The van der Waals surface area contributed by atoms with Gasteiger partial charge in [0.25, 0.3) is 0 Å². The van der Waals surface area contributed by atoms with Crippen molar-refractivity contribution in [2.45, 2.75) is 44.6 Å². The Morgan fingerprint density at radius 2 is 2.16 bits per heavy atom. The molecule has 1 aliphatic heterocycles. The van der Waals surface area contributed by atoms with Crippen molar-refractivity contribution >= 4 is 5.91 Å². The van der Waals surface area contributed by atoms with Crippen molar-refractivity contribution in [3.05, 3.63) is 35.9 Å². The summed E-state index contributed by atoms with van der Waals surface area (Å²) in [6, 6.07) is 11.0. The predicted molar refractivity (Wildman–Crippen MR) is 78.0 cm³/mol. The Morgan fingerprint density at radius 3 is 2.89 bits per heavy atom. The molecule has 0 aliphatic carbocycles. The average molecular weight is 260 g/mol. The van der Waals surface area contributed by atoms with Gasteiger partial charge in [-0.2, -0.15) is 0 Å². The second-order valence-electron chi connectivity index (χ2n) is 5.27. The Kier molecular flexibility index (Phi) is 5.89. The zero-order chi connectivity index (χ0) is 13.3. The van der Waals surface area contributed by atoms with Gasteiger partial charge in [-0.3, -0.25) is 4.79 Å². The largest absolute Gasteiger partial charge is 0.356 e. The predicted octanol–water partition coefficient (Wildman–Crippen LogP) is 2.27. The van der Waals surface area contributed by atoms with Crippen molar-refractivity contribution in [3.8, 4) is 0 Å².